The monoisotopic (exact) mass is 336 g/mol. The van der Waals surface area contributed by atoms with Gasteiger partial charge in [-0.05, 0) is 43.2 Å². The molecule has 2 N–H and O–H groups in total. The fourth-order valence-corrected chi connectivity index (χ4v) is 2.90. The van der Waals surface area contributed by atoms with E-state index < -0.39 is 6.10 Å². The van der Waals surface area contributed by atoms with Crippen LogP contribution in [0.15, 0.2) is 12.1 Å². The number of aromatic hydroxyl groups is 1. The van der Waals surface area contributed by atoms with E-state index in [4.69, 9.17) is 4.74 Å². The largest absolute Gasteiger partial charge is 0.504 e. The fourth-order valence-electron chi connectivity index (χ4n) is 2.90. The molecule has 4 heteroatoms. The number of benzene rings is 1. The summed E-state index contributed by atoms with van der Waals surface area (Å²) >= 11 is 0. The minimum atomic E-state index is -0.530. The van der Waals surface area contributed by atoms with Gasteiger partial charge in [-0.3, -0.25) is 4.79 Å². The van der Waals surface area contributed by atoms with Gasteiger partial charge >= 0.3 is 0 Å². The maximum atomic E-state index is 12.1. The first kappa shape index (κ1) is 20.5. The Labute approximate surface area is 145 Å². The summed E-state index contributed by atoms with van der Waals surface area (Å²) in [6, 6.07) is 3.51. The third-order valence-electron chi connectivity index (χ3n) is 4.27. The summed E-state index contributed by atoms with van der Waals surface area (Å²) in [5.74, 6) is 1.30. The van der Waals surface area contributed by atoms with Gasteiger partial charge in [-0.25, -0.2) is 0 Å². The summed E-state index contributed by atoms with van der Waals surface area (Å²) in [4.78, 5) is 12.1. The number of phenolic OH excluding ortho intramolecular Hbond substituents is 1. The van der Waals surface area contributed by atoms with Gasteiger partial charge in [0, 0.05) is 18.4 Å². The van der Waals surface area contributed by atoms with E-state index in [9.17, 15) is 15.0 Å². The van der Waals surface area contributed by atoms with E-state index in [1.807, 2.05) is 13.0 Å². The van der Waals surface area contributed by atoms with Crippen molar-refractivity contribution in [3.05, 3.63) is 23.3 Å². The minimum absolute atomic E-state index is 0.0813. The minimum Gasteiger partial charge on any atom is -0.504 e. The van der Waals surface area contributed by atoms with Crippen molar-refractivity contribution in [2.75, 3.05) is 7.11 Å². The topological polar surface area (TPSA) is 66.8 Å². The number of carbonyl (C=O) groups excluding carboxylic acids is 1. The summed E-state index contributed by atoms with van der Waals surface area (Å²) in [7, 11) is 1.56. The van der Waals surface area contributed by atoms with Crippen LogP contribution >= 0.6 is 0 Å². The quantitative estimate of drug-likeness (QED) is 0.640. The van der Waals surface area contributed by atoms with Gasteiger partial charge in [0.25, 0.3) is 0 Å². The van der Waals surface area contributed by atoms with Crippen LogP contribution in [-0.2, 0) is 17.6 Å². The first-order chi connectivity index (χ1) is 11.4. The second kappa shape index (κ2) is 10.3. The zero-order valence-corrected chi connectivity index (χ0v) is 15.5. The number of phenols is 1. The molecular formula is C20H32O4. The van der Waals surface area contributed by atoms with E-state index in [0.717, 1.165) is 30.4 Å². The Morgan fingerprint density at radius 2 is 1.92 bits per heavy atom. The van der Waals surface area contributed by atoms with Crippen LogP contribution in [0.3, 0.4) is 0 Å². The molecule has 0 spiro atoms. The number of ether oxygens (including phenoxy) is 1. The van der Waals surface area contributed by atoms with Gasteiger partial charge in [-0.1, -0.05) is 33.3 Å². The van der Waals surface area contributed by atoms with Gasteiger partial charge in [0.15, 0.2) is 11.5 Å². The molecule has 0 bridgehead atoms. The molecule has 0 fully saturated rings. The van der Waals surface area contributed by atoms with Crippen LogP contribution in [0.1, 0.15) is 64.0 Å². The third kappa shape index (κ3) is 6.52. The fraction of sp³-hybridized carbons (Fsp3) is 0.650. The molecule has 0 aliphatic heterocycles. The lowest BCUT2D eigenvalue weighted by Gasteiger charge is -2.16. The number of hydrogen-bond donors (Lipinski definition) is 2. The van der Waals surface area contributed by atoms with E-state index in [-0.39, 0.29) is 18.0 Å². The maximum Gasteiger partial charge on any atom is 0.163 e. The predicted molar refractivity (Wildman–Crippen MR) is 96.7 cm³/mol. The Morgan fingerprint density at radius 1 is 1.21 bits per heavy atom. The molecule has 24 heavy (non-hydrogen) atoms. The molecule has 0 unspecified atom stereocenters. The van der Waals surface area contributed by atoms with E-state index >= 15 is 0 Å². The molecule has 0 radical (unpaired) electrons. The number of aliphatic hydroxyl groups excluding tert-OH is 1. The van der Waals surface area contributed by atoms with Crippen LogP contribution < -0.4 is 4.74 Å². The lowest BCUT2D eigenvalue weighted by atomic mass is 9.93. The van der Waals surface area contributed by atoms with Gasteiger partial charge in [-0.15, -0.1) is 0 Å². The maximum absolute atomic E-state index is 12.1. The Kier molecular flexibility index (Phi) is 8.83. The second-order valence-corrected chi connectivity index (χ2v) is 6.87. The molecular weight excluding hydrogens is 304 g/mol. The molecule has 1 aromatic rings. The van der Waals surface area contributed by atoms with Crippen molar-refractivity contribution in [3.8, 4) is 11.5 Å². The highest BCUT2D eigenvalue weighted by molar-refractivity contribution is 5.79. The third-order valence-corrected chi connectivity index (χ3v) is 4.27. The molecule has 0 aliphatic rings. The highest BCUT2D eigenvalue weighted by atomic mass is 16.5. The van der Waals surface area contributed by atoms with E-state index in [2.05, 4.69) is 13.8 Å². The van der Waals surface area contributed by atoms with Crippen molar-refractivity contribution in [2.45, 2.75) is 71.8 Å². The van der Waals surface area contributed by atoms with Crippen LogP contribution in [0.5, 0.6) is 11.5 Å². The average molecular weight is 336 g/mol. The van der Waals surface area contributed by atoms with Gasteiger partial charge < -0.3 is 14.9 Å². The van der Waals surface area contributed by atoms with Crippen LogP contribution in [0.4, 0.5) is 0 Å². The lowest BCUT2D eigenvalue weighted by Crippen LogP contribution is -2.14. The number of Topliss-reactive ketones (excluding diaryl/α,β-unsaturated/α-hetero) is 1. The molecule has 136 valence electrons. The van der Waals surface area contributed by atoms with Gasteiger partial charge in [0.05, 0.1) is 13.2 Å². The molecule has 0 heterocycles. The Balaban J connectivity index is 2.80. The summed E-state index contributed by atoms with van der Waals surface area (Å²) in [5, 5.41) is 19.8. The number of ketones is 1. The van der Waals surface area contributed by atoms with Crippen molar-refractivity contribution in [2.24, 2.45) is 5.92 Å². The molecule has 0 saturated heterocycles. The van der Waals surface area contributed by atoms with Crippen molar-refractivity contribution in [3.63, 3.8) is 0 Å². The molecule has 0 saturated carbocycles. The smallest absolute Gasteiger partial charge is 0.163 e. The van der Waals surface area contributed by atoms with Crippen LogP contribution in [0.2, 0.25) is 0 Å². The normalized spacial score (nSPS) is 12.4. The van der Waals surface area contributed by atoms with E-state index in [1.165, 1.54) is 0 Å². The molecule has 0 aliphatic carbocycles. The zero-order chi connectivity index (χ0) is 18.1. The number of methoxy groups -OCH3 is 1. The van der Waals surface area contributed by atoms with Gasteiger partial charge in [0.2, 0.25) is 0 Å². The zero-order valence-electron chi connectivity index (χ0n) is 15.5. The molecule has 0 amide bonds. The molecule has 1 aromatic carbocycles. The first-order valence-electron chi connectivity index (χ1n) is 8.96. The highest BCUT2D eigenvalue weighted by Gasteiger charge is 2.16. The number of rotatable bonds is 11. The second-order valence-electron chi connectivity index (χ2n) is 6.87. The Morgan fingerprint density at radius 3 is 2.50 bits per heavy atom. The predicted octanol–water partition coefficient (Wildman–Crippen LogP) is 4.04. The molecule has 4 nitrogen and oxygen atoms in total. The molecule has 1 atom stereocenters. The number of aliphatic hydroxyl groups is 1. The molecule has 0 aromatic heterocycles. The van der Waals surface area contributed by atoms with E-state index in [1.54, 1.807) is 13.2 Å². The average Bonchev–Trinajstić information content (AvgIpc) is 2.51. The summed E-state index contributed by atoms with van der Waals surface area (Å²) in [5.41, 5.74) is 2.04. The van der Waals surface area contributed by atoms with Crippen molar-refractivity contribution in [1.82, 2.24) is 0 Å². The van der Waals surface area contributed by atoms with Crippen LogP contribution in [0.25, 0.3) is 0 Å². The summed E-state index contributed by atoms with van der Waals surface area (Å²) in [6.07, 6.45) is 4.07. The number of carbonyl (C=O) groups is 1. The van der Waals surface area contributed by atoms with Crippen LogP contribution in [0, 0.1) is 5.92 Å². The Hall–Kier alpha value is -1.55. The number of hydrogen-bond acceptors (Lipinski definition) is 4. The van der Waals surface area contributed by atoms with E-state index in [0.29, 0.717) is 30.9 Å². The SMILES string of the molecule is CCC[C@@H](O)CC(=O)CCc1ccc(O)c(OC)c1CCC(C)C. The Bertz CT molecular complexity index is 523. The highest BCUT2D eigenvalue weighted by Crippen LogP contribution is 2.34. The standard InChI is InChI=1S/C20H32O4/c1-5-6-16(21)13-17(22)10-8-15-9-12-19(23)20(24-4)18(15)11-7-14(2)3/h9,12,14,16,21,23H,5-8,10-11,13H2,1-4H3/t16-/m1/s1. The van der Waals surface area contributed by atoms with Crippen LogP contribution in [-0.4, -0.2) is 29.2 Å². The van der Waals surface area contributed by atoms with Crippen molar-refractivity contribution >= 4 is 5.78 Å². The molecule has 1 rings (SSSR count). The van der Waals surface area contributed by atoms with Gasteiger partial charge in [0.1, 0.15) is 5.78 Å². The number of aryl methyl sites for hydroxylation is 1. The summed E-state index contributed by atoms with van der Waals surface area (Å²) in [6.45, 7) is 6.32. The van der Waals surface area contributed by atoms with Gasteiger partial charge in [-0.2, -0.15) is 0 Å². The van der Waals surface area contributed by atoms with Crippen molar-refractivity contribution < 1.29 is 19.7 Å². The lowest BCUT2D eigenvalue weighted by molar-refractivity contribution is -0.121. The van der Waals surface area contributed by atoms with Crippen molar-refractivity contribution in [1.29, 1.82) is 0 Å². The summed E-state index contributed by atoms with van der Waals surface area (Å²) < 4.78 is 5.38. The first-order valence-corrected chi connectivity index (χ1v) is 8.96.